The predicted octanol–water partition coefficient (Wildman–Crippen LogP) is 1.19. The van der Waals surface area contributed by atoms with E-state index in [1.54, 1.807) is 0 Å². The van der Waals surface area contributed by atoms with Gasteiger partial charge in [-0.05, 0) is 22.9 Å². The lowest BCUT2D eigenvalue weighted by atomic mass is 10.2. The first-order valence-corrected chi connectivity index (χ1v) is 3.22. The van der Waals surface area contributed by atoms with E-state index in [2.05, 4.69) is 4.98 Å². The molecule has 1 aromatic heterocycles. The predicted molar refractivity (Wildman–Crippen MR) is 40.9 cm³/mol. The molecule has 0 atom stereocenters. The third-order valence-corrected chi connectivity index (χ3v) is 1.34. The maximum atomic E-state index is 10.8. The largest absolute Gasteiger partial charge is 0.364 e. The second-order valence-electron chi connectivity index (χ2n) is 2.22. The number of hydrogen-bond donors (Lipinski definition) is 0. The minimum absolute atomic E-state index is 0.208. The summed E-state index contributed by atoms with van der Waals surface area (Å²) in [7, 11) is 0. The Hall–Kier alpha value is -1.78. The molecule has 0 aliphatic rings. The van der Waals surface area contributed by atoms with Gasteiger partial charge in [0.2, 0.25) is 0 Å². The fourth-order valence-corrected chi connectivity index (χ4v) is 0.737. The summed E-state index contributed by atoms with van der Waals surface area (Å²) in [4.78, 5) is 23.8. The molecule has 1 aromatic rings. The van der Waals surface area contributed by atoms with Crippen LogP contribution in [0.3, 0.4) is 0 Å². The zero-order chi connectivity index (χ0) is 9.14. The van der Waals surface area contributed by atoms with Crippen molar-refractivity contribution >= 4 is 11.6 Å². The molecule has 0 N–H and O–H groups in total. The average Bonchev–Trinajstić information content (AvgIpc) is 2.04. The van der Waals surface area contributed by atoms with Crippen LogP contribution in [0.25, 0.3) is 0 Å². The van der Waals surface area contributed by atoms with Crippen LogP contribution in [0, 0.1) is 10.1 Å². The van der Waals surface area contributed by atoms with Crippen molar-refractivity contribution in [3.63, 3.8) is 0 Å². The Kier molecular flexibility index (Phi) is 2.14. The van der Waals surface area contributed by atoms with Gasteiger partial charge in [-0.2, -0.15) is 0 Å². The molecule has 0 fully saturated rings. The Bertz CT molecular complexity index is 306. The Morgan fingerprint density at radius 2 is 2.33 bits per heavy atom. The van der Waals surface area contributed by atoms with E-state index in [1.807, 2.05) is 0 Å². The van der Waals surface area contributed by atoms with Gasteiger partial charge >= 0.3 is 5.82 Å². The van der Waals surface area contributed by atoms with Gasteiger partial charge in [-0.1, -0.05) is 0 Å². The highest BCUT2D eigenvalue weighted by molar-refractivity contribution is 5.94. The molecule has 12 heavy (non-hydrogen) atoms. The Morgan fingerprint density at radius 3 is 2.83 bits per heavy atom. The number of rotatable bonds is 2. The monoisotopic (exact) mass is 166 g/mol. The zero-order valence-corrected chi connectivity index (χ0v) is 6.35. The van der Waals surface area contributed by atoms with Crippen LogP contribution in [-0.4, -0.2) is 15.7 Å². The number of ketones is 1. The fraction of sp³-hybridized carbons (Fsp3) is 0.143. The molecule has 0 radical (unpaired) electrons. The molecule has 0 bridgehead atoms. The van der Waals surface area contributed by atoms with Gasteiger partial charge < -0.3 is 10.1 Å². The molecular weight excluding hydrogens is 160 g/mol. The molecule has 0 spiro atoms. The molecule has 0 saturated heterocycles. The molecule has 5 heteroatoms. The Balaban J connectivity index is 3.12. The molecule has 0 unspecified atom stereocenters. The van der Waals surface area contributed by atoms with Crippen molar-refractivity contribution in [3.05, 3.63) is 34.0 Å². The van der Waals surface area contributed by atoms with E-state index in [9.17, 15) is 14.9 Å². The lowest BCUT2D eigenvalue weighted by Crippen LogP contribution is -1.96. The van der Waals surface area contributed by atoms with Gasteiger partial charge in [-0.3, -0.25) is 4.79 Å². The smallest absolute Gasteiger partial charge is 0.358 e. The van der Waals surface area contributed by atoms with Gasteiger partial charge in [0.15, 0.2) is 5.78 Å². The van der Waals surface area contributed by atoms with Crippen molar-refractivity contribution in [1.29, 1.82) is 0 Å². The van der Waals surface area contributed by atoms with Gasteiger partial charge in [0.25, 0.3) is 0 Å². The molecule has 0 amide bonds. The Morgan fingerprint density at radius 1 is 1.67 bits per heavy atom. The van der Waals surface area contributed by atoms with Gasteiger partial charge in [0.05, 0.1) is 0 Å². The summed E-state index contributed by atoms with van der Waals surface area (Å²) < 4.78 is 0. The third-order valence-electron chi connectivity index (χ3n) is 1.34. The lowest BCUT2D eigenvalue weighted by Gasteiger charge is -1.93. The van der Waals surface area contributed by atoms with E-state index in [1.165, 1.54) is 19.2 Å². The van der Waals surface area contributed by atoms with E-state index in [-0.39, 0.29) is 11.6 Å². The number of nitro groups is 1. The number of pyridine rings is 1. The summed E-state index contributed by atoms with van der Waals surface area (Å²) in [5.74, 6) is -0.511. The summed E-state index contributed by atoms with van der Waals surface area (Å²) >= 11 is 0. The first kappa shape index (κ1) is 8.32. The number of carbonyl (C=O) groups is 1. The van der Waals surface area contributed by atoms with Crippen molar-refractivity contribution < 1.29 is 9.72 Å². The van der Waals surface area contributed by atoms with Crippen LogP contribution in [0.1, 0.15) is 17.3 Å². The number of carbonyl (C=O) groups excluding carboxylic acids is 1. The molecule has 1 rings (SSSR count). The summed E-state index contributed by atoms with van der Waals surface area (Å²) in [6.07, 6.45) is 1.24. The van der Waals surface area contributed by atoms with Crippen molar-refractivity contribution in [3.8, 4) is 0 Å². The third kappa shape index (κ3) is 1.63. The van der Waals surface area contributed by atoms with Crippen LogP contribution in [0.4, 0.5) is 5.82 Å². The lowest BCUT2D eigenvalue weighted by molar-refractivity contribution is -0.389. The highest BCUT2D eigenvalue weighted by atomic mass is 16.6. The van der Waals surface area contributed by atoms with E-state index >= 15 is 0 Å². The second kappa shape index (κ2) is 3.08. The molecule has 1 heterocycles. The zero-order valence-electron chi connectivity index (χ0n) is 6.35. The fourth-order valence-electron chi connectivity index (χ4n) is 0.737. The highest BCUT2D eigenvalue weighted by Crippen LogP contribution is 2.08. The van der Waals surface area contributed by atoms with Crippen molar-refractivity contribution in [2.45, 2.75) is 6.92 Å². The van der Waals surface area contributed by atoms with Crippen LogP contribution in [0.15, 0.2) is 18.3 Å². The van der Waals surface area contributed by atoms with E-state index in [0.29, 0.717) is 5.56 Å². The van der Waals surface area contributed by atoms with Crippen molar-refractivity contribution in [2.75, 3.05) is 0 Å². The van der Waals surface area contributed by atoms with Gasteiger partial charge in [0, 0.05) is 11.6 Å². The molecule has 62 valence electrons. The summed E-state index contributed by atoms with van der Waals surface area (Å²) in [6.45, 7) is 1.35. The molecule has 5 nitrogen and oxygen atoms in total. The first-order valence-electron chi connectivity index (χ1n) is 3.22. The van der Waals surface area contributed by atoms with Gasteiger partial charge in [-0.15, -0.1) is 0 Å². The van der Waals surface area contributed by atoms with Crippen LogP contribution in [0.5, 0.6) is 0 Å². The van der Waals surface area contributed by atoms with Crippen LogP contribution < -0.4 is 0 Å². The van der Waals surface area contributed by atoms with E-state index in [4.69, 9.17) is 0 Å². The Labute approximate surface area is 68.2 Å². The van der Waals surface area contributed by atoms with Gasteiger partial charge in [-0.25, -0.2) is 0 Å². The highest BCUT2D eigenvalue weighted by Gasteiger charge is 2.08. The molecule has 0 saturated carbocycles. The number of nitrogens with zero attached hydrogens (tertiary/aromatic N) is 2. The van der Waals surface area contributed by atoms with Gasteiger partial charge in [0.1, 0.15) is 6.20 Å². The first-order chi connectivity index (χ1) is 5.61. The van der Waals surface area contributed by atoms with Crippen molar-refractivity contribution in [2.24, 2.45) is 0 Å². The average molecular weight is 166 g/mol. The maximum absolute atomic E-state index is 10.8. The summed E-state index contributed by atoms with van der Waals surface area (Å²) in [5.41, 5.74) is 0.303. The SMILES string of the molecule is CC(=O)c1ccnc([N+](=O)[O-])c1. The number of aromatic nitrogens is 1. The van der Waals surface area contributed by atoms with Crippen LogP contribution in [0.2, 0.25) is 0 Å². The number of hydrogen-bond acceptors (Lipinski definition) is 4. The minimum Gasteiger partial charge on any atom is -0.358 e. The maximum Gasteiger partial charge on any atom is 0.364 e. The molecular formula is C7H6N2O3. The topological polar surface area (TPSA) is 73.1 Å². The molecule has 0 aromatic carbocycles. The number of Topliss-reactive ketones (excluding diaryl/α,β-unsaturated/α-hetero) is 1. The molecule has 0 aliphatic heterocycles. The summed E-state index contributed by atoms with van der Waals surface area (Å²) in [6, 6.07) is 2.59. The van der Waals surface area contributed by atoms with Crippen LogP contribution >= 0.6 is 0 Å². The summed E-state index contributed by atoms with van der Waals surface area (Å²) in [5, 5.41) is 10.2. The van der Waals surface area contributed by atoms with E-state index < -0.39 is 4.92 Å². The minimum atomic E-state index is -0.633. The second-order valence-corrected chi connectivity index (χ2v) is 2.22. The van der Waals surface area contributed by atoms with Crippen LogP contribution in [-0.2, 0) is 0 Å². The standard InChI is InChI=1S/C7H6N2O3/c1-5(10)6-2-3-8-7(4-6)9(11)12/h2-4H,1H3. The quantitative estimate of drug-likeness (QED) is 0.375. The van der Waals surface area contributed by atoms with E-state index in [0.717, 1.165) is 6.07 Å². The normalized spacial score (nSPS) is 9.42. The van der Waals surface area contributed by atoms with Crippen molar-refractivity contribution in [1.82, 2.24) is 4.98 Å². The molecule has 0 aliphatic carbocycles.